The number of carbonyl (C=O) groups is 1. The first-order valence-corrected chi connectivity index (χ1v) is 10.3. The number of nitrogens with one attached hydrogen (secondary N) is 1. The molecule has 0 saturated carbocycles. The molecule has 0 bridgehead atoms. The number of carbonyl (C=O) groups excluding carboxylic acids is 1. The molecule has 1 aliphatic carbocycles. The Kier molecular flexibility index (Phi) is 5.54. The fourth-order valence-electron chi connectivity index (χ4n) is 4.24. The molecule has 1 unspecified atom stereocenters. The Hall–Kier alpha value is -2.52. The van der Waals surface area contributed by atoms with E-state index in [4.69, 9.17) is 16.3 Å². The topological polar surface area (TPSA) is 38.3 Å². The third-order valence-electron chi connectivity index (χ3n) is 5.47. The lowest BCUT2D eigenvalue weighted by molar-refractivity contribution is -0.138. The molecular formula is C24H24ClNO2. The van der Waals surface area contributed by atoms with Crippen LogP contribution in [0, 0.1) is 0 Å². The molecule has 1 N–H and O–H groups in total. The maximum atomic E-state index is 13.2. The second kappa shape index (κ2) is 8.24. The van der Waals surface area contributed by atoms with Crippen LogP contribution in [0.1, 0.15) is 49.7 Å². The third kappa shape index (κ3) is 3.47. The van der Waals surface area contributed by atoms with Crippen molar-refractivity contribution >= 4 is 23.3 Å². The van der Waals surface area contributed by atoms with E-state index in [1.54, 1.807) is 0 Å². The summed E-state index contributed by atoms with van der Waals surface area (Å²) in [6.07, 6.45) is 4.22. The smallest absolute Gasteiger partial charge is 0.337 e. The first kappa shape index (κ1) is 18.8. The van der Waals surface area contributed by atoms with Crippen LogP contribution in [-0.2, 0) is 9.53 Å². The zero-order valence-corrected chi connectivity index (χ0v) is 16.8. The van der Waals surface area contributed by atoms with Crippen molar-refractivity contribution in [2.24, 2.45) is 0 Å². The maximum Gasteiger partial charge on any atom is 0.337 e. The van der Waals surface area contributed by atoms with Crippen molar-refractivity contribution in [2.75, 3.05) is 6.61 Å². The number of ether oxygens (including phenoxy) is 1. The van der Waals surface area contributed by atoms with Gasteiger partial charge in [-0.05, 0) is 55.4 Å². The fourth-order valence-corrected chi connectivity index (χ4v) is 4.49. The molecule has 0 saturated heterocycles. The normalized spacial score (nSPS) is 19.1. The zero-order chi connectivity index (χ0) is 19.5. The maximum absolute atomic E-state index is 13.2. The van der Waals surface area contributed by atoms with E-state index in [9.17, 15) is 4.79 Å². The van der Waals surface area contributed by atoms with Crippen molar-refractivity contribution in [1.29, 1.82) is 0 Å². The van der Waals surface area contributed by atoms with Gasteiger partial charge in [0.05, 0.1) is 17.9 Å². The molecule has 2 aromatic rings. The predicted molar refractivity (Wildman–Crippen MR) is 113 cm³/mol. The van der Waals surface area contributed by atoms with Crippen LogP contribution < -0.4 is 5.32 Å². The van der Waals surface area contributed by atoms with Crippen LogP contribution >= 0.6 is 11.6 Å². The Balaban J connectivity index is 1.96. The molecule has 0 spiro atoms. The first-order valence-electron chi connectivity index (χ1n) is 9.90. The summed E-state index contributed by atoms with van der Waals surface area (Å²) >= 11 is 6.61. The van der Waals surface area contributed by atoms with Crippen LogP contribution in [0.15, 0.2) is 71.4 Å². The minimum atomic E-state index is -0.282. The van der Waals surface area contributed by atoms with E-state index in [0.29, 0.717) is 17.2 Å². The lowest BCUT2D eigenvalue weighted by Crippen LogP contribution is -2.31. The van der Waals surface area contributed by atoms with Crippen LogP contribution in [0.4, 0.5) is 0 Å². The van der Waals surface area contributed by atoms with E-state index in [2.05, 4.69) is 5.32 Å². The van der Waals surface area contributed by atoms with Gasteiger partial charge in [0.15, 0.2) is 0 Å². The van der Waals surface area contributed by atoms with Crippen LogP contribution in [-0.4, -0.2) is 12.6 Å². The van der Waals surface area contributed by atoms with E-state index in [1.165, 1.54) is 11.3 Å². The molecule has 144 valence electrons. The molecule has 3 nitrogen and oxygen atoms in total. The molecule has 0 fully saturated rings. The van der Waals surface area contributed by atoms with E-state index in [-0.39, 0.29) is 11.9 Å². The van der Waals surface area contributed by atoms with Crippen molar-refractivity contribution in [3.63, 3.8) is 0 Å². The largest absolute Gasteiger partial charge is 0.463 e. The molecule has 4 heteroatoms. The Morgan fingerprint density at radius 3 is 2.54 bits per heavy atom. The Labute approximate surface area is 171 Å². The number of hydrogen-bond donors (Lipinski definition) is 1. The third-order valence-corrected chi connectivity index (χ3v) is 5.81. The average Bonchev–Trinajstić information content (AvgIpc) is 2.73. The summed E-state index contributed by atoms with van der Waals surface area (Å²) in [5.41, 5.74) is 5.94. The Morgan fingerprint density at radius 1 is 1.07 bits per heavy atom. The molecule has 2 aromatic carbocycles. The average molecular weight is 394 g/mol. The number of hydrogen-bond acceptors (Lipinski definition) is 3. The molecule has 1 heterocycles. The first-order chi connectivity index (χ1) is 13.7. The molecule has 1 aliphatic heterocycles. The SMILES string of the molecule is CCOC(=O)C1=C(c2ccccc2)NC2=C(CCCC2)C1c1ccccc1Cl. The summed E-state index contributed by atoms with van der Waals surface area (Å²) in [6, 6.07) is 17.8. The number of esters is 1. The molecular weight excluding hydrogens is 370 g/mol. The highest BCUT2D eigenvalue weighted by molar-refractivity contribution is 6.31. The Morgan fingerprint density at radius 2 is 1.79 bits per heavy atom. The summed E-state index contributed by atoms with van der Waals surface area (Å²) in [6.45, 7) is 2.18. The zero-order valence-electron chi connectivity index (χ0n) is 16.0. The monoisotopic (exact) mass is 393 g/mol. The van der Waals surface area contributed by atoms with Gasteiger partial charge in [0.1, 0.15) is 0 Å². The summed E-state index contributed by atoms with van der Waals surface area (Å²) in [4.78, 5) is 13.2. The quantitative estimate of drug-likeness (QED) is 0.664. The molecule has 2 aliphatic rings. The Bertz CT molecular complexity index is 946. The fraction of sp³-hybridized carbons (Fsp3) is 0.292. The molecule has 0 aromatic heterocycles. The van der Waals surface area contributed by atoms with Gasteiger partial charge in [-0.2, -0.15) is 0 Å². The summed E-state index contributed by atoms with van der Waals surface area (Å²) in [7, 11) is 0. The lowest BCUT2D eigenvalue weighted by Gasteiger charge is -2.36. The van der Waals surface area contributed by atoms with Gasteiger partial charge in [-0.1, -0.05) is 60.1 Å². The van der Waals surface area contributed by atoms with Crippen molar-refractivity contribution in [1.82, 2.24) is 5.32 Å². The summed E-state index contributed by atoms with van der Waals surface area (Å²) in [5.74, 6) is -0.463. The second-order valence-electron chi connectivity index (χ2n) is 7.17. The van der Waals surface area contributed by atoms with E-state index in [0.717, 1.165) is 42.5 Å². The van der Waals surface area contributed by atoms with Crippen molar-refractivity contribution in [3.8, 4) is 0 Å². The van der Waals surface area contributed by atoms with Gasteiger partial charge in [-0.25, -0.2) is 4.79 Å². The highest BCUT2D eigenvalue weighted by Gasteiger charge is 2.37. The van der Waals surface area contributed by atoms with Gasteiger partial charge < -0.3 is 10.1 Å². The van der Waals surface area contributed by atoms with Crippen LogP contribution in [0.25, 0.3) is 5.70 Å². The van der Waals surface area contributed by atoms with E-state index in [1.807, 2.05) is 61.5 Å². The summed E-state index contributed by atoms with van der Waals surface area (Å²) in [5, 5.41) is 4.28. The predicted octanol–water partition coefficient (Wildman–Crippen LogP) is 5.83. The minimum Gasteiger partial charge on any atom is -0.463 e. The highest BCUT2D eigenvalue weighted by Crippen LogP contribution is 2.47. The standard InChI is InChI=1S/C24H24ClNO2/c1-2-28-24(27)22-21(17-12-6-8-14-19(17)25)18-13-7-9-15-20(18)26-23(22)16-10-4-3-5-11-16/h3-6,8,10-12,14,21,26H,2,7,9,13,15H2,1H3. The number of benzene rings is 2. The summed E-state index contributed by atoms with van der Waals surface area (Å²) < 4.78 is 5.50. The minimum absolute atomic E-state index is 0.181. The van der Waals surface area contributed by atoms with E-state index >= 15 is 0 Å². The van der Waals surface area contributed by atoms with Gasteiger partial charge >= 0.3 is 5.97 Å². The number of halogens is 1. The number of dihydropyridines is 1. The van der Waals surface area contributed by atoms with Crippen molar-refractivity contribution < 1.29 is 9.53 Å². The number of rotatable bonds is 4. The molecule has 0 amide bonds. The molecule has 0 radical (unpaired) electrons. The van der Waals surface area contributed by atoms with Crippen LogP contribution in [0.5, 0.6) is 0 Å². The van der Waals surface area contributed by atoms with Crippen molar-refractivity contribution in [3.05, 3.63) is 87.6 Å². The molecule has 4 rings (SSSR count). The van der Waals surface area contributed by atoms with Gasteiger partial charge in [-0.15, -0.1) is 0 Å². The van der Waals surface area contributed by atoms with Crippen LogP contribution in [0.3, 0.4) is 0 Å². The van der Waals surface area contributed by atoms with Crippen LogP contribution in [0.2, 0.25) is 5.02 Å². The lowest BCUT2D eigenvalue weighted by atomic mass is 9.75. The van der Waals surface area contributed by atoms with Gasteiger partial charge in [0.2, 0.25) is 0 Å². The van der Waals surface area contributed by atoms with Gasteiger partial charge in [-0.3, -0.25) is 0 Å². The van der Waals surface area contributed by atoms with Crippen molar-refractivity contribution in [2.45, 2.75) is 38.5 Å². The second-order valence-corrected chi connectivity index (χ2v) is 7.57. The van der Waals surface area contributed by atoms with Gasteiger partial charge in [0, 0.05) is 16.6 Å². The molecule has 28 heavy (non-hydrogen) atoms. The van der Waals surface area contributed by atoms with E-state index < -0.39 is 0 Å². The molecule has 1 atom stereocenters. The van der Waals surface area contributed by atoms with Gasteiger partial charge in [0.25, 0.3) is 0 Å². The highest BCUT2D eigenvalue weighted by atomic mass is 35.5. The number of allylic oxidation sites excluding steroid dienone is 2.